The lowest BCUT2D eigenvalue weighted by atomic mass is 9.98. The fourth-order valence-electron chi connectivity index (χ4n) is 5.47. The van der Waals surface area contributed by atoms with Crippen LogP contribution in [0.15, 0.2) is 16.7 Å². The smallest absolute Gasteiger partial charge is 0.413 e. The lowest BCUT2D eigenvalue weighted by Gasteiger charge is -2.43. The summed E-state index contributed by atoms with van der Waals surface area (Å²) in [6, 6.07) is -2.89. The molecule has 4 amide bonds. The van der Waals surface area contributed by atoms with Crippen molar-refractivity contribution in [3.8, 4) is 0 Å². The largest absolute Gasteiger partial charge is 0.457 e. The number of esters is 1. The van der Waals surface area contributed by atoms with Crippen LogP contribution in [0.4, 0.5) is 14.7 Å². The van der Waals surface area contributed by atoms with E-state index in [1.54, 1.807) is 52.6 Å². The number of anilines is 1. The number of hydrogen-bond acceptors (Lipinski definition) is 17. The Labute approximate surface area is 346 Å². The van der Waals surface area contributed by atoms with Crippen molar-refractivity contribution in [1.82, 2.24) is 39.4 Å². The zero-order valence-electron chi connectivity index (χ0n) is 35.1. The molecule has 0 spiro atoms. The molecule has 2 aromatic heterocycles. The Morgan fingerprint density at radius 3 is 2.12 bits per heavy atom. The lowest BCUT2D eigenvalue weighted by molar-refractivity contribution is -0.179. The van der Waals surface area contributed by atoms with E-state index in [1.807, 2.05) is 20.8 Å². The molecule has 4 heterocycles. The summed E-state index contributed by atoms with van der Waals surface area (Å²) < 4.78 is 52.2. The maximum Gasteiger partial charge on any atom is 0.413 e. The van der Waals surface area contributed by atoms with Gasteiger partial charge in [0.15, 0.2) is 10.8 Å². The molecule has 4 rings (SSSR count). The second-order valence-corrected chi connectivity index (χ2v) is 19.5. The Kier molecular flexibility index (Phi) is 14.0. The molecule has 2 aliphatic rings. The third-order valence-corrected chi connectivity index (χ3v) is 9.90. The minimum atomic E-state index is -5.08. The van der Waals surface area contributed by atoms with Gasteiger partial charge >= 0.3 is 28.5 Å². The maximum absolute atomic E-state index is 13.9. The molecule has 2 fully saturated rings. The summed E-state index contributed by atoms with van der Waals surface area (Å²) in [4.78, 5) is 78.3. The number of rotatable bonds is 13. The first kappa shape index (κ1) is 46.7. The fourth-order valence-corrected chi connectivity index (χ4v) is 7.02. The standard InChI is InChI=1S/C35H54N10O12S2/c1-32(2,3)54-28(48)35(10,11)57-40-24(22-20-58-29(36-22)38-30(49)55-33(4,5)6)26(46)37-25-23(45(27(25)47)59(51,52)53)19-44-18-21(39-41-44)12-13-42-14-16-43(17-15-42)31(50)56-34(7,8)9/h18,20,23,25H,12-17,19H2,1-11H3,(H,37,46)(H,36,38,49)(H,51,52,53)/b40-24-/t23-,25+/m1/s1. The number of aromatic nitrogens is 4. The highest BCUT2D eigenvalue weighted by molar-refractivity contribution is 7.84. The Hall–Kier alpha value is -4.94. The molecule has 2 atom stereocenters. The summed E-state index contributed by atoms with van der Waals surface area (Å²) in [5.74, 6) is -3.05. The molecule has 328 valence electrons. The predicted octanol–water partition coefficient (Wildman–Crippen LogP) is 2.22. The van der Waals surface area contributed by atoms with Gasteiger partial charge in [0, 0.05) is 50.7 Å². The van der Waals surface area contributed by atoms with E-state index in [4.69, 9.17) is 19.0 Å². The van der Waals surface area contributed by atoms with Crippen molar-refractivity contribution >= 4 is 62.5 Å². The van der Waals surface area contributed by atoms with Crippen LogP contribution in [0, 0.1) is 0 Å². The van der Waals surface area contributed by atoms with Crippen molar-refractivity contribution in [3.63, 3.8) is 0 Å². The number of nitrogens with zero attached hydrogens (tertiary/aromatic N) is 8. The van der Waals surface area contributed by atoms with Gasteiger partial charge in [-0.1, -0.05) is 10.4 Å². The topological polar surface area (TPSA) is 266 Å². The number of thiazole rings is 1. The van der Waals surface area contributed by atoms with Crippen molar-refractivity contribution in [2.45, 2.75) is 124 Å². The van der Waals surface area contributed by atoms with E-state index < -0.39 is 74.4 Å². The van der Waals surface area contributed by atoms with Gasteiger partial charge in [-0.15, -0.1) is 16.4 Å². The molecule has 2 saturated heterocycles. The number of β-lactam (4-membered cyclic amide) rings is 1. The molecule has 0 aromatic carbocycles. The van der Waals surface area contributed by atoms with Crippen LogP contribution in [0.3, 0.4) is 0 Å². The van der Waals surface area contributed by atoms with Crippen LogP contribution in [-0.4, -0.2) is 150 Å². The first-order chi connectivity index (χ1) is 27.0. The summed E-state index contributed by atoms with van der Waals surface area (Å²) in [5, 5.41) is 18.4. The van der Waals surface area contributed by atoms with E-state index in [0.717, 1.165) is 11.3 Å². The van der Waals surface area contributed by atoms with Gasteiger partial charge in [0.2, 0.25) is 5.60 Å². The highest BCUT2D eigenvalue weighted by atomic mass is 32.2. The van der Waals surface area contributed by atoms with Crippen LogP contribution in [-0.2, 0) is 56.7 Å². The average molecular weight is 871 g/mol. The van der Waals surface area contributed by atoms with Gasteiger partial charge < -0.3 is 29.3 Å². The van der Waals surface area contributed by atoms with Crippen molar-refractivity contribution < 1.29 is 56.0 Å². The summed E-state index contributed by atoms with van der Waals surface area (Å²) in [6.07, 6.45) is 0.809. The molecule has 0 aliphatic carbocycles. The predicted molar refractivity (Wildman–Crippen MR) is 212 cm³/mol. The molecule has 0 bridgehead atoms. The van der Waals surface area contributed by atoms with E-state index >= 15 is 0 Å². The molecule has 3 N–H and O–H groups in total. The quantitative estimate of drug-likeness (QED) is 0.0651. The summed E-state index contributed by atoms with van der Waals surface area (Å²) >= 11 is 0.900. The second-order valence-electron chi connectivity index (χ2n) is 17.3. The van der Waals surface area contributed by atoms with Gasteiger partial charge in [-0.25, -0.2) is 23.7 Å². The molecule has 2 aliphatic heterocycles. The monoisotopic (exact) mass is 870 g/mol. The third kappa shape index (κ3) is 13.5. The first-order valence-electron chi connectivity index (χ1n) is 18.7. The van der Waals surface area contributed by atoms with E-state index in [0.29, 0.717) is 44.8 Å². The average Bonchev–Trinajstić information content (AvgIpc) is 3.72. The summed E-state index contributed by atoms with van der Waals surface area (Å²) in [5.41, 5.74) is -4.20. The molecule has 0 saturated carbocycles. The molecule has 24 heteroatoms. The maximum atomic E-state index is 13.9. The molecular formula is C35H54N10O12S2. The summed E-state index contributed by atoms with van der Waals surface area (Å²) in [6.45, 7) is 20.5. The van der Waals surface area contributed by atoms with Crippen molar-refractivity contribution in [3.05, 3.63) is 23.0 Å². The lowest BCUT2D eigenvalue weighted by Crippen LogP contribution is -2.73. The van der Waals surface area contributed by atoms with Gasteiger partial charge in [-0.3, -0.25) is 29.0 Å². The highest BCUT2D eigenvalue weighted by Gasteiger charge is 2.54. The number of nitrogens with one attached hydrogen (secondary N) is 2. The first-order valence-corrected chi connectivity index (χ1v) is 21.0. The minimum Gasteiger partial charge on any atom is -0.457 e. The summed E-state index contributed by atoms with van der Waals surface area (Å²) in [7, 11) is -5.08. The van der Waals surface area contributed by atoms with Crippen LogP contribution in [0.5, 0.6) is 0 Å². The SMILES string of the molecule is CC(C)(C)OC(=O)Nc1nc(/C(=N/OC(C)(C)C(=O)OC(C)(C)C)C(=O)N[C@@H]2C(=O)N(S(=O)(=O)O)[C@@H]2Cn2cc(CCN3CCN(C(=O)OC(C)(C)C)CC3)nn2)cs1. The number of piperazine rings is 1. The number of ether oxygens (including phenoxy) is 3. The molecule has 0 radical (unpaired) electrons. The third-order valence-electron chi connectivity index (χ3n) is 8.20. The van der Waals surface area contributed by atoms with Gasteiger partial charge in [-0.05, 0) is 76.2 Å². The van der Waals surface area contributed by atoms with E-state index in [2.05, 4.69) is 36.0 Å². The van der Waals surface area contributed by atoms with Crippen LogP contribution in [0.2, 0.25) is 0 Å². The molecule has 59 heavy (non-hydrogen) atoms. The van der Waals surface area contributed by atoms with Crippen LogP contribution in [0.25, 0.3) is 0 Å². The van der Waals surface area contributed by atoms with E-state index in [9.17, 15) is 36.9 Å². The highest BCUT2D eigenvalue weighted by Crippen LogP contribution is 2.26. The Morgan fingerprint density at radius 1 is 0.932 bits per heavy atom. The number of oxime groups is 1. The zero-order valence-corrected chi connectivity index (χ0v) is 36.7. The van der Waals surface area contributed by atoms with Gasteiger partial charge in [0.1, 0.15) is 28.5 Å². The molecule has 22 nitrogen and oxygen atoms in total. The second kappa shape index (κ2) is 17.7. The molecule has 0 unspecified atom stereocenters. The minimum absolute atomic E-state index is 0.00124. The van der Waals surface area contributed by atoms with Crippen molar-refractivity contribution in [2.24, 2.45) is 5.16 Å². The van der Waals surface area contributed by atoms with Crippen molar-refractivity contribution in [2.75, 3.05) is 38.0 Å². The van der Waals surface area contributed by atoms with E-state index in [-0.39, 0.29) is 27.8 Å². The molecule has 2 aromatic rings. The number of hydrogen-bond donors (Lipinski definition) is 3. The van der Waals surface area contributed by atoms with Crippen LogP contribution in [0.1, 0.15) is 87.5 Å². The Morgan fingerprint density at radius 2 is 1.54 bits per heavy atom. The molecular weight excluding hydrogens is 817 g/mol. The number of carbonyl (C=O) groups is 5. The van der Waals surface area contributed by atoms with Crippen LogP contribution < -0.4 is 10.6 Å². The Bertz CT molecular complexity index is 2020. The van der Waals surface area contributed by atoms with E-state index in [1.165, 1.54) is 23.9 Å². The zero-order chi connectivity index (χ0) is 44.3. The number of amides is 4. The Balaban J connectivity index is 1.49. The fraction of sp³-hybridized carbons (Fsp3) is 0.686. The number of carbonyl (C=O) groups excluding carboxylic acids is 5. The van der Waals surface area contributed by atoms with Crippen molar-refractivity contribution in [1.29, 1.82) is 0 Å². The van der Waals surface area contributed by atoms with Gasteiger partial charge in [0.25, 0.3) is 11.8 Å². The van der Waals surface area contributed by atoms with Gasteiger partial charge in [0.05, 0.1) is 18.3 Å². The van der Waals surface area contributed by atoms with Crippen LogP contribution >= 0.6 is 11.3 Å². The normalized spacial score (nSPS) is 18.5. The van der Waals surface area contributed by atoms with Gasteiger partial charge in [-0.2, -0.15) is 8.42 Å².